The molecule has 0 saturated carbocycles. The second-order valence-corrected chi connectivity index (χ2v) is 6.67. The Morgan fingerprint density at radius 3 is 2.10 bits per heavy atom. The van der Waals surface area contributed by atoms with Crippen molar-refractivity contribution in [1.29, 1.82) is 5.41 Å². The van der Waals surface area contributed by atoms with Gasteiger partial charge in [0, 0.05) is 39.3 Å². The Labute approximate surface area is 136 Å². The smallest absolute Gasteiger partial charge is 0.144 e. The first kappa shape index (κ1) is 16.6. The van der Waals surface area contributed by atoms with E-state index in [0.717, 1.165) is 42.8 Å². The van der Waals surface area contributed by atoms with Gasteiger partial charge in [0.1, 0.15) is 12.2 Å². The summed E-state index contributed by atoms with van der Waals surface area (Å²) in [5.74, 6) is 0.792. The summed E-state index contributed by atoms with van der Waals surface area (Å²) in [6, 6.07) is 0. The van der Waals surface area contributed by atoms with Crippen molar-refractivity contribution in [3.05, 3.63) is 11.1 Å². The minimum absolute atomic E-state index is 0.757. The molecule has 0 aromatic rings. The average Bonchev–Trinajstić information content (AvgIpc) is 2.52. The monoisotopic (exact) mass is 355 g/mol. The fraction of sp³-hybridized carbons (Fsp3) is 0.733. The number of hydrogen-bond donors (Lipinski definition) is 1. The topological polar surface area (TPSA) is 45.9 Å². The summed E-state index contributed by atoms with van der Waals surface area (Å²) in [5.41, 5.74) is 0. The predicted molar refractivity (Wildman–Crippen MR) is 92.6 cm³/mol. The van der Waals surface area contributed by atoms with Crippen molar-refractivity contribution in [2.75, 3.05) is 52.4 Å². The molecule has 5 nitrogen and oxygen atoms in total. The van der Waals surface area contributed by atoms with Crippen LogP contribution in [0.5, 0.6) is 0 Å². The van der Waals surface area contributed by atoms with Crippen LogP contribution in [0.25, 0.3) is 0 Å². The van der Waals surface area contributed by atoms with Crippen LogP contribution in [0.1, 0.15) is 19.3 Å². The van der Waals surface area contributed by atoms with Crippen molar-refractivity contribution in [1.82, 2.24) is 14.7 Å². The van der Waals surface area contributed by atoms with Crippen molar-refractivity contribution in [2.24, 2.45) is 4.99 Å². The summed E-state index contributed by atoms with van der Waals surface area (Å²) >= 11 is 3.38. The van der Waals surface area contributed by atoms with Gasteiger partial charge >= 0.3 is 0 Å². The Morgan fingerprint density at radius 2 is 1.57 bits per heavy atom. The van der Waals surface area contributed by atoms with Gasteiger partial charge in [-0.15, -0.1) is 0 Å². The number of nitrogens with zero attached hydrogens (tertiary/aromatic N) is 4. The molecular formula is C15H26BrN5. The maximum atomic E-state index is 7.15. The molecule has 2 fully saturated rings. The lowest BCUT2D eigenvalue weighted by Crippen LogP contribution is -2.50. The van der Waals surface area contributed by atoms with E-state index in [1.807, 2.05) is 0 Å². The summed E-state index contributed by atoms with van der Waals surface area (Å²) in [6.45, 7) is 12.8. The van der Waals surface area contributed by atoms with Crippen LogP contribution in [0.15, 0.2) is 16.1 Å². The highest BCUT2D eigenvalue weighted by Gasteiger charge is 2.21. The molecule has 0 radical (unpaired) electrons. The number of hydrogen-bond acceptors (Lipinski definition) is 3. The molecule has 2 heterocycles. The van der Waals surface area contributed by atoms with E-state index in [9.17, 15) is 0 Å². The highest BCUT2D eigenvalue weighted by molar-refractivity contribution is 9.12. The van der Waals surface area contributed by atoms with E-state index in [1.165, 1.54) is 45.4 Å². The van der Waals surface area contributed by atoms with Crippen molar-refractivity contribution >= 4 is 28.1 Å². The lowest BCUT2D eigenvalue weighted by Gasteiger charge is -2.37. The Bertz CT molecular complexity index is 382. The molecule has 0 aliphatic carbocycles. The minimum Gasteiger partial charge on any atom is -0.353 e. The van der Waals surface area contributed by atoms with Crippen molar-refractivity contribution in [3.63, 3.8) is 0 Å². The molecule has 1 N–H and O–H groups in total. The zero-order chi connectivity index (χ0) is 15.1. The number of rotatable bonds is 5. The number of likely N-dealkylation sites (tertiary alicyclic amines) is 1. The van der Waals surface area contributed by atoms with Crippen LogP contribution >= 0.6 is 15.9 Å². The summed E-state index contributed by atoms with van der Waals surface area (Å²) in [7, 11) is 0. The molecule has 2 aliphatic rings. The van der Waals surface area contributed by atoms with Crippen LogP contribution in [0.3, 0.4) is 0 Å². The second-order valence-electron chi connectivity index (χ2n) is 5.72. The first-order chi connectivity index (χ1) is 10.2. The van der Waals surface area contributed by atoms with Crippen LogP contribution in [-0.2, 0) is 0 Å². The molecule has 118 valence electrons. The Kier molecular flexibility index (Phi) is 6.86. The van der Waals surface area contributed by atoms with Crippen LogP contribution in [0, 0.1) is 5.41 Å². The zero-order valence-corrected chi connectivity index (χ0v) is 14.3. The molecule has 0 spiro atoms. The summed E-state index contributed by atoms with van der Waals surface area (Å²) < 4.78 is 0.757. The molecule has 2 saturated heterocycles. The summed E-state index contributed by atoms with van der Waals surface area (Å²) in [5, 5.41) is 7.15. The normalized spacial score (nSPS) is 22.3. The molecule has 0 amide bonds. The standard InChI is InChI=1S/C15H26BrN5/c1-14(16)15(18-13-17)21-11-9-20(10-12-21)8-7-19-5-3-2-4-6-19/h13,17H,1-12H2/b17-13?,18-15+. The van der Waals surface area contributed by atoms with E-state index in [1.54, 1.807) is 0 Å². The number of halogens is 1. The van der Waals surface area contributed by atoms with E-state index in [4.69, 9.17) is 5.41 Å². The minimum atomic E-state index is 0.757. The first-order valence-electron chi connectivity index (χ1n) is 7.82. The van der Waals surface area contributed by atoms with Crippen LogP contribution < -0.4 is 0 Å². The third kappa shape index (κ3) is 5.20. The molecule has 2 rings (SSSR count). The molecule has 0 bridgehead atoms. The fourth-order valence-electron chi connectivity index (χ4n) is 3.03. The number of piperazine rings is 1. The third-order valence-corrected chi connectivity index (χ3v) is 4.64. The summed E-state index contributed by atoms with van der Waals surface area (Å²) in [6.07, 6.45) is 5.22. The van der Waals surface area contributed by atoms with Gasteiger partial charge in [0.05, 0.1) is 4.48 Å². The van der Waals surface area contributed by atoms with Gasteiger partial charge in [0.15, 0.2) is 0 Å². The largest absolute Gasteiger partial charge is 0.353 e. The first-order valence-corrected chi connectivity index (χ1v) is 8.61. The van der Waals surface area contributed by atoms with Gasteiger partial charge < -0.3 is 9.80 Å². The fourth-order valence-corrected chi connectivity index (χ4v) is 3.39. The van der Waals surface area contributed by atoms with Crippen molar-refractivity contribution in [2.45, 2.75) is 19.3 Å². The van der Waals surface area contributed by atoms with Gasteiger partial charge in [-0.1, -0.05) is 13.0 Å². The summed E-state index contributed by atoms with van der Waals surface area (Å²) in [4.78, 5) is 11.4. The Morgan fingerprint density at radius 1 is 1.00 bits per heavy atom. The van der Waals surface area contributed by atoms with Gasteiger partial charge in [0.2, 0.25) is 0 Å². The van der Waals surface area contributed by atoms with Crippen LogP contribution in [0.4, 0.5) is 0 Å². The molecule has 21 heavy (non-hydrogen) atoms. The maximum Gasteiger partial charge on any atom is 0.144 e. The Hall–Kier alpha value is -0.720. The van der Waals surface area contributed by atoms with E-state index in [-0.39, 0.29) is 0 Å². The third-order valence-electron chi connectivity index (χ3n) is 4.28. The number of amidine groups is 1. The highest BCUT2D eigenvalue weighted by Crippen LogP contribution is 2.13. The SMILES string of the molecule is C=C(Br)/C(=N\C=N)N1CCN(CCN2CCCCC2)CC1. The lowest BCUT2D eigenvalue weighted by atomic mass is 10.1. The van der Waals surface area contributed by atoms with Crippen LogP contribution in [-0.4, -0.2) is 79.2 Å². The number of aliphatic imine (C=N–C) groups is 1. The van der Waals surface area contributed by atoms with E-state index in [2.05, 4.69) is 42.2 Å². The second kappa shape index (κ2) is 8.66. The van der Waals surface area contributed by atoms with E-state index < -0.39 is 0 Å². The molecule has 0 unspecified atom stereocenters. The van der Waals surface area contributed by atoms with Gasteiger partial charge in [-0.2, -0.15) is 0 Å². The maximum absolute atomic E-state index is 7.15. The van der Waals surface area contributed by atoms with Gasteiger partial charge in [-0.3, -0.25) is 10.3 Å². The van der Waals surface area contributed by atoms with Gasteiger partial charge in [0.25, 0.3) is 0 Å². The van der Waals surface area contributed by atoms with Crippen LogP contribution in [0.2, 0.25) is 0 Å². The molecular weight excluding hydrogens is 330 g/mol. The highest BCUT2D eigenvalue weighted by atomic mass is 79.9. The molecule has 0 aromatic carbocycles. The van der Waals surface area contributed by atoms with Gasteiger partial charge in [-0.05, 0) is 41.9 Å². The molecule has 2 aliphatic heterocycles. The predicted octanol–water partition coefficient (Wildman–Crippen LogP) is 2.00. The Balaban J connectivity index is 1.73. The molecule has 0 aromatic heterocycles. The van der Waals surface area contributed by atoms with Crippen molar-refractivity contribution < 1.29 is 0 Å². The van der Waals surface area contributed by atoms with E-state index in [0.29, 0.717) is 0 Å². The number of piperidine rings is 1. The lowest BCUT2D eigenvalue weighted by molar-refractivity contribution is 0.145. The van der Waals surface area contributed by atoms with E-state index >= 15 is 0 Å². The number of nitrogens with one attached hydrogen (secondary N) is 1. The zero-order valence-electron chi connectivity index (χ0n) is 12.7. The molecule has 0 atom stereocenters. The van der Waals surface area contributed by atoms with Crippen molar-refractivity contribution in [3.8, 4) is 0 Å². The molecule has 6 heteroatoms. The average molecular weight is 356 g/mol. The van der Waals surface area contributed by atoms with Gasteiger partial charge in [-0.25, -0.2) is 4.99 Å². The quantitative estimate of drug-likeness (QED) is 0.606.